The molecule has 1 aliphatic carbocycles. The number of carbonyl (C=O) groups is 1. The van der Waals surface area contributed by atoms with E-state index in [1.165, 1.54) is 0 Å². The van der Waals surface area contributed by atoms with Crippen molar-refractivity contribution in [3.8, 4) is 0 Å². The van der Waals surface area contributed by atoms with Crippen LogP contribution >= 0.6 is 11.6 Å². The predicted molar refractivity (Wildman–Crippen MR) is 82.5 cm³/mol. The van der Waals surface area contributed by atoms with Crippen LogP contribution in [0, 0.1) is 17.6 Å². The van der Waals surface area contributed by atoms with Gasteiger partial charge in [0, 0.05) is 24.1 Å². The molecule has 1 amide bonds. The quantitative estimate of drug-likeness (QED) is 0.821. The summed E-state index contributed by atoms with van der Waals surface area (Å²) in [6, 6.07) is 2.23. The van der Waals surface area contributed by atoms with Crippen LogP contribution in [0.25, 0.3) is 0 Å². The van der Waals surface area contributed by atoms with Gasteiger partial charge in [-0.15, -0.1) is 0 Å². The SMILES string of the molecule is CC(C)(C)OC(=O)NC[C@@]1(c2c(F)ccc(Cl)c2F)C[C@H]1CO. The fraction of sp³-hybridized carbons (Fsp3) is 0.562. The number of ether oxygens (including phenoxy) is 1. The average molecular weight is 348 g/mol. The van der Waals surface area contributed by atoms with E-state index < -0.39 is 28.7 Å². The molecule has 2 rings (SSSR count). The summed E-state index contributed by atoms with van der Waals surface area (Å²) >= 11 is 5.74. The lowest BCUT2D eigenvalue weighted by molar-refractivity contribution is 0.0519. The maximum atomic E-state index is 14.3. The molecule has 0 radical (unpaired) electrons. The van der Waals surface area contributed by atoms with Gasteiger partial charge in [0.1, 0.15) is 17.2 Å². The Kier molecular flexibility index (Phi) is 4.87. The molecule has 1 fully saturated rings. The summed E-state index contributed by atoms with van der Waals surface area (Å²) in [5.74, 6) is -1.94. The number of alkyl carbamates (subject to hydrolysis) is 1. The molecule has 0 heterocycles. The van der Waals surface area contributed by atoms with E-state index >= 15 is 0 Å². The number of aliphatic hydroxyl groups excluding tert-OH is 1. The van der Waals surface area contributed by atoms with Crippen LogP contribution in [-0.4, -0.2) is 30.0 Å². The Morgan fingerprint density at radius 3 is 2.65 bits per heavy atom. The second-order valence-corrected chi connectivity index (χ2v) is 7.22. The van der Waals surface area contributed by atoms with Gasteiger partial charge in [-0.2, -0.15) is 0 Å². The van der Waals surface area contributed by atoms with E-state index in [1.54, 1.807) is 20.8 Å². The molecule has 0 spiro atoms. The van der Waals surface area contributed by atoms with Crippen LogP contribution in [0.5, 0.6) is 0 Å². The highest BCUT2D eigenvalue weighted by Crippen LogP contribution is 2.55. The Labute approximate surface area is 138 Å². The number of hydrogen-bond acceptors (Lipinski definition) is 3. The van der Waals surface area contributed by atoms with Gasteiger partial charge in [0.25, 0.3) is 0 Å². The van der Waals surface area contributed by atoms with Crippen LogP contribution in [0.2, 0.25) is 5.02 Å². The Morgan fingerprint density at radius 2 is 2.13 bits per heavy atom. The van der Waals surface area contributed by atoms with Crippen molar-refractivity contribution in [3.63, 3.8) is 0 Å². The minimum atomic E-state index is -1.01. The van der Waals surface area contributed by atoms with E-state index in [2.05, 4.69) is 5.32 Å². The zero-order valence-corrected chi connectivity index (χ0v) is 14.0. The minimum Gasteiger partial charge on any atom is -0.444 e. The summed E-state index contributed by atoms with van der Waals surface area (Å²) in [7, 11) is 0. The number of hydrogen-bond donors (Lipinski definition) is 2. The molecule has 0 bridgehead atoms. The molecular weight excluding hydrogens is 328 g/mol. The van der Waals surface area contributed by atoms with Gasteiger partial charge in [-0.25, -0.2) is 13.6 Å². The second-order valence-electron chi connectivity index (χ2n) is 6.81. The Morgan fingerprint density at radius 1 is 1.48 bits per heavy atom. The summed E-state index contributed by atoms with van der Waals surface area (Å²) in [4.78, 5) is 11.8. The fourth-order valence-corrected chi connectivity index (χ4v) is 2.92. The molecule has 1 aromatic carbocycles. The van der Waals surface area contributed by atoms with Crippen molar-refractivity contribution in [2.45, 2.75) is 38.2 Å². The molecule has 1 aliphatic rings. The maximum Gasteiger partial charge on any atom is 0.407 e. The number of amides is 1. The van der Waals surface area contributed by atoms with Gasteiger partial charge in [-0.05, 0) is 45.2 Å². The van der Waals surface area contributed by atoms with Crippen molar-refractivity contribution in [1.29, 1.82) is 0 Å². The zero-order chi connectivity index (χ0) is 17.4. The molecule has 2 atom stereocenters. The van der Waals surface area contributed by atoms with E-state index in [1.807, 2.05) is 0 Å². The molecule has 0 unspecified atom stereocenters. The molecule has 0 aliphatic heterocycles. The highest BCUT2D eigenvalue weighted by atomic mass is 35.5. The highest BCUT2D eigenvalue weighted by molar-refractivity contribution is 6.30. The Balaban J connectivity index is 2.22. The van der Waals surface area contributed by atoms with Gasteiger partial charge < -0.3 is 15.2 Å². The minimum absolute atomic E-state index is 0.0404. The summed E-state index contributed by atoms with van der Waals surface area (Å²) < 4.78 is 33.6. The molecule has 1 saturated carbocycles. The first-order valence-electron chi connectivity index (χ1n) is 7.32. The van der Waals surface area contributed by atoms with Gasteiger partial charge in [-0.3, -0.25) is 0 Å². The first-order valence-corrected chi connectivity index (χ1v) is 7.70. The maximum absolute atomic E-state index is 14.3. The van der Waals surface area contributed by atoms with Crippen LogP contribution < -0.4 is 5.32 Å². The summed E-state index contributed by atoms with van der Waals surface area (Å²) in [6.07, 6.45) is -0.323. The fourth-order valence-electron chi connectivity index (χ4n) is 2.76. The van der Waals surface area contributed by atoms with Crippen LogP contribution in [0.4, 0.5) is 13.6 Å². The lowest BCUT2D eigenvalue weighted by Crippen LogP contribution is -2.38. The van der Waals surface area contributed by atoms with Gasteiger partial charge in [-0.1, -0.05) is 11.6 Å². The van der Waals surface area contributed by atoms with E-state index in [9.17, 15) is 18.7 Å². The van der Waals surface area contributed by atoms with Crippen LogP contribution in [-0.2, 0) is 10.2 Å². The third-order valence-corrected chi connectivity index (χ3v) is 4.23. The van der Waals surface area contributed by atoms with Crippen molar-refractivity contribution >= 4 is 17.7 Å². The monoisotopic (exact) mass is 347 g/mol. The number of halogens is 3. The smallest absolute Gasteiger partial charge is 0.407 e. The van der Waals surface area contributed by atoms with Gasteiger partial charge >= 0.3 is 6.09 Å². The molecule has 128 valence electrons. The first kappa shape index (κ1) is 17.9. The van der Waals surface area contributed by atoms with Crippen LogP contribution in [0.3, 0.4) is 0 Å². The number of nitrogens with one attached hydrogen (secondary N) is 1. The second kappa shape index (κ2) is 6.24. The standard InChI is InChI=1S/C16H20ClF2NO3/c1-15(2,3)23-14(22)20-8-16(6-9(16)7-21)12-11(18)5-4-10(17)13(12)19/h4-5,9,21H,6-8H2,1-3H3,(H,20,22)/t9-,16-/m0/s1. The molecule has 7 heteroatoms. The molecule has 1 aromatic rings. The van der Waals surface area contributed by atoms with E-state index in [-0.39, 0.29) is 29.7 Å². The number of aliphatic hydroxyl groups is 1. The average Bonchev–Trinajstić information content (AvgIpc) is 3.14. The Hall–Kier alpha value is -1.40. The summed E-state index contributed by atoms with van der Waals surface area (Å²) in [5.41, 5.74) is -1.88. The topological polar surface area (TPSA) is 58.6 Å². The van der Waals surface area contributed by atoms with Crippen LogP contribution in [0.1, 0.15) is 32.8 Å². The van der Waals surface area contributed by atoms with Crippen molar-refractivity contribution in [2.24, 2.45) is 5.92 Å². The van der Waals surface area contributed by atoms with Crippen molar-refractivity contribution in [2.75, 3.05) is 13.2 Å². The molecular formula is C16H20ClF2NO3. The normalized spacial score (nSPS) is 23.5. The first-order chi connectivity index (χ1) is 10.6. The third kappa shape index (κ3) is 3.75. The molecule has 2 N–H and O–H groups in total. The van der Waals surface area contributed by atoms with Crippen molar-refractivity contribution in [1.82, 2.24) is 5.32 Å². The van der Waals surface area contributed by atoms with E-state index in [0.717, 1.165) is 12.1 Å². The molecule has 0 aromatic heterocycles. The molecule has 23 heavy (non-hydrogen) atoms. The highest BCUT2D eigenvalue weighted by Gasteiger charge is 2.57. The lowest BCUT2D eigenvalue weighted by atomic mass is 9.92. The third-order valence-electron chi connectivity index (χ3n) is 3.94. The van der Waals surface area contributed by atoms with E-state index in [0.29, 0.717) is 6.42 Å². The zero-order valence-electron chi connectivity index (χ0n) is 13.3. The van der Waals surface area contributed by atoms with Crippen molar-refractivity contribution < 1.29 is 23.4 Å². The number of benzene rings is 1. The lowest BCUT2D eigenvalue weighted by Gasteiger charge is -2.23. The van der Waals surface area contributed by atoms with Crippen molar-refractivity contribution in [3.05, 3.63) is 34.4 Å². The number of rotatable bonds is 4. The van der Waals surface area contributed by atoms with Gasteiger partial charge in [0.2, 0.25) is 0 Å². The van der Waals surface area contributed by atoms with Gasteiger partial charge in [0.15, 0.2) is 0 Å². The molecule has 4 nitrogen and oxygen atoms in total. The predicted octanol–water partition coefficient (Wildman–Crippen LogP) is 3.39. The number of carbonyl (C=O) groups excluding carboxylic acids is 1. The Bertz CT molecular complexity index is 618. The summed E-state index contributed by atoms with van der Waals surface area (Å²) in [5, 5.41) is 11.7. The molecule has 0 saturated heterocycles. The van der Waals surface area contributed by atoms with Gasteiger partial charge in [0.05, 0.1) is 5.02 Å². The largest absolute Gasteiger partial charge is 0.444 e. The summed E-state index contributed by atoms with van der Waals surface area (Å²) in [6.45, 7) is 4.87. The van der Waals surface area contributed by atoms with E-state index in [4.69, 9.17) is 16.3 Å². The van der Waals surface area contributed by atoms with Crippen LogP contribution in [0.15, 0.2) is 12.1 Å².